The lowest BCUT2D eigenvalue weighted by molar-refractivity contribution is 0.303. The topological polar surface area (TPSA) is 24.9 Å². The van der Waals surface area contributed by atoms with Gasteiger partial charge in [0, 0.05) is 17.6 Å². The SMILES string of the molecule is c1cnc2c(NC3CCCC(C4CC4)C3)cccc2c1. The summed E-state index contributed by atoms with van der Waals surface area (Å²) in [4.78, 5) is 4.55. The second-order valence-electron chi connectivity index (χ2n) is 6.49. The second-order valence-corrected chi connectivity index (χ2v) is 6.49. The maximum Gasteiger partial charge on any atom is 0.0933 e. The average molecular weight is 266 g/mol. The number of nitrogens with one attached hydrogen (secondary N) is 1. The van der Waals surface area contributed by atoms with Crippen LogP contribution in [0.2, 0.25) is 0 Å². The molecule has 2 aliphatic carbocycles. The Morgan fingerprint density at radius 2 is 1.85 bits per heavy atom. The fourth-order valence-electron chi connectivity index (χ4n) is 3.80. The Balaban J connectivity index is 1.54. The minimum absolute atomic E-state index is 0.641. The Bertz CT molecular complexity index is 598. The Kier molecular flexibility index (Phi) is 3.10. The molecule has 1 heterocycles. The molecule has 2 heteroatoms. The maximum atomic E-state index is 4.55. The number of rotatable bonds is 3. The predicted molar refractivity (Wildman–Crippen MR) is 83.8 cm³/mol. The van der Waals surface area contributed by atoms with Crippen LogP contribution < -0.4 is 5.32 Å². The summed E-state index contributed by atoms with van der Waals surface area (Å²) < 4.78 is 0. The van der Waals surface area contributed by atoms with E-state index in [0.717, 1.165) is 17.4 Å². The minimum atomic E-state index is 0.641. The van der Waals surface area contributed by atoms with Crippen molar-refractivity contribution in [1.82, 2.24) is 4.98 Å². The van der Waals surface area contributed by atoms with Gasteiger partial charge in [-0.2, -0.15) is 0 Å². The number of aromatic nitrogens is 1. The van der Waals surface area contributed by atoms with Crippen LogP contribution in [0.4, 0.5) is 5.69 Å². The van der Waals surface area contributed by atoms with E-state index in [4.69, 9.17) is 0 Å². The van der Waals surface area contributed by atoms with E-state index < -0.39 is 0 Å². The van der Waals surface area contributed by atoms with Gasteiger partial charge in [-0.1, -0.05) is 31.0 Å². The molecule has 2 atom stereocenters. The molecule has 0 radical (unpaired) electrons. The van der Waals surface area contributed by atoms with Crippen molar-refractivity contribution < 1.29 is 0 Å². The summed E-state index contributed by atoms with van der Waals surface area (Å²) in [7, 11) is 0. The molecule has 0 amide bonds. The average Bonchev–Trinajstić information content (AvgIpc) is 3.33. The van der Waals surface area contributed by atoms with E-state index in [1.165, 1.54) is 49.6 Å². The number of benzene rings is 1. The van der Waals surface area contributed by atoms with Crippen LogP contribution in [0.15, 0.2) is 36.5 Å². The first-order valence-electron chi connectivity index (χ1n) is 8.00. The van der Waals surface area contributed by atoms with E-state index >= 15 is 0 Å². The molecule has 2 unspecified atom stereocenters. The first-order chi connectivity index (χ1) is 9.90. The van der Waals surface area contributed by atoms with Crippen molar-refractivity contribution in [3.63, 3.8) is 0 Å². The number of pyridine rings is 1. The molecule has 2 saturated carbocycles. The zero-order chi connectivity index (χ0) is 13.4. The van der Waals surface area contributed by atoms with Gasteiger partial charge in [-0.05, 0) is 49.7 Å². The fraction of sp³-hybridized carbons (Fsp3) is 0.500. The molecule has 0 aliphatic heterocycles. The monoisotopic (exact) mass is 266 g/mol. The van der Waals surface area contributed by atoms with E-state index in [-0.39, 0.29) is 0 Å². The molecule has 2 aromatic rings. The third-order valence-corrected chi connectivity index (χ3v) is 5.00. The molecule has 2 aliphatic rings. The smallest absolute Gasteiger partial charge is 0.0933 e. The van der Waals surface area contributed by atoms with E-state index in [2.05, 4.69) is 34.6 Å². The highest BCUT2D eigenvalue weighted by atomic mass is 14.9. The molecular formula is C18H22N2. The van der Waals surface area contributed by atoms with Crippen LogP contribution in [0.25, 0.3) is 10.9 Å². The molecule has 1 N–H and O–H groups in total. The lowest BCUT2D eigenvalue weighted by atomic mass is 9.82. The summed E-state index contributed by atoms with van der Waals surface area (Å²) in [5.41, 5.74) is 2.33. The number of hydrogen-bond donors (Lipinski definition) is 1. The van der Waals surface area contributed by atoms with Gasteiger partial charge in [-0.3, -0.25) is 4.98 Å². The lowest BCUT2D eigenvalue weighted by Crippen LogP contribution is -2.28. The zero-order valence-electron chi connectivity index (χ0n) is 11.9. The summed E-state index contributed by atoms with van der Waals surface area (Å²) >= 11 is 0. The highest BCUT2D eigenvalue weighted by Gasteiger charge is 2.34. The summed E-state index contributed by atoms with van der Waals surface area (Å²) in [5.74, 6) is 2.02. The molecule has 1 aromatic carbocycles. The van der Waals surface area contributed by atoms with Gasteiger partial charge in [-0.15, -0.1) is 0 Å². The van der Waals surface area contributed by atoms with E-state index in [0.29, 0.717) is 6.04 Å². The molecule has 0 spiro atoms. The van der Waals surface area contributed by atoms with Crippen molar-refractivity contribution in [2.75, 3.05) is 5.32 Å². The first kappa shape index (κ1) is 12.2. The van der Waals surface area contributed by atoms with Crippen molar-refractivity contribution in [3.05, 3.63) is 36.5 Å². The van der Waals surface area contributed by atoms with Crippen LogP contribution in [-0.4, -0.2) is 11.0 Å². The summed E-state index contributed by atoms with van der Waals surface area (Å²) in [6.07, 6.45) is 10.4. The van der Waals surface area contributed by atoms with Gasteiger partial charge in [0.25, 0.3) is 0 Å². The predicted octanol–water partition coefficient (Wildman–Crippen LogP) is 4.62. The van der Waals surface area contributed by atoms with Crippen LogP contribution in [0.5, 0.6) is 0 Å². The zero-order valence-corrected chi connectivity index (χ0v) is 11.9. The standard InChI is InChI=1S/C18H22N2/c1-5-15(13-9-10-13)12-16(7-1)20-17-8-2-4-14-6-3-11-19-18(14)17/h2-4,6,8,11,13,15-16,20H,1,5,7,9-10,12H2. The highest BCUT2D eigenvalue weighted by molar-refractivity contribution is 5.90. The molecule has 2 fully saturated rings. The van der Waals surface area contributed by atoms with E-state index in [1.54, 1.807) is 0 Å². The molecular weight excluding hydrogens is 244 g/mol. The third-order valence-electron chi connectivity index (χ3n) is 5.00. The van der Waals surface area contributed by atoms with E-state index in [1.807, 2.05) is 12.3 Å². The molecule has 2 nitrogen and oxygen atoms in total. The summed E-state index contributed by atoms with van der Waals surface area (Å²) in [6.45, 7) is 0. The Hall–Kier alpha value is -1.57. The van der Waals surface area contributed by atoms with Crippen LogP contribution in [0, 0.1) is 11.8 Å². The number of hydrogen-bond acceptors (Lipinski definition) is 2. The van der Waals surface area contributed by atoms with Crippen molar-refractivity contribution in [3.8, 4) is 0 Å². The first-order valence-corrected chi connectivity index (χ1v) is 8.00. The van der Waals surface area contributed by atoms with Crippen molar-refractivity contribution in [2.24, 2.45) is 11.8 Å². The quantitative estimate of drug-likeness (QED) is 0.877. The second kappa shape index (κ2) is 5.08. The number of nitrogens with zero attached hydrogens (tertiary/aromatic N) is 1. The van der Waals surface area contributed by atoms with Crippen LogP contribution in [-0.2, 0) is 0 Å². The Morgan fingerprint density at radius 1 is 0.950 bits per heavy atom. The van der Waals surface area contributed by atoms with Gasteiger partial charge in [0.1, 0.15) is 0 Å². The van der Waals surface area contributed by atoms with Gasteiger partial charge in [0.05, 0.1) is 11.2 Å². The number of fused-ring (bicyclic) bond motifs is 1. The van der Waals surface area contributed by atoms with Crippen LogP contribution in [0.3, 0.4) is 0 Å². The summed E-state index contributed by atoms with van der Waals surface area (Å²) in [5, 5.41) is 5.00. The normalized spacial score (nSPS) is 26.6. The number of para-hydroxylation sites is 1. The van der Waals surface area contributed by atoms with Gasteiger partial charge >= 0.3 is 0 Å². The van der Waals surface area contributed by atoms with Crippen LogP contribution in [0.1, 0.15) is 38.5 Å². The Labute approximate surface area is 120 Å². The van der Waals surface area contributed by atoms with Crippen molar-refractivity contribution in [1.29, 1.82) is 0 Å². The number of anilines is 1. The largest absolute Gasteiger partial charge is 0.381 e. The molecule has 4 rings (SSSR count). The van der Waals surface area contributed by atoms with Gasteiger partial charge in [-0.25, -0.2) is 0 Å². The fourth-order valence-corrected chi connectivity index (χ4v) is 3.80. The van der Waals surface area contributed by atoms with Gasteiger partial charge in [0.2, 0.25) is 0 Å². The van der Waals surface area contributed by atoms with Crippen LogP contribution >= 0.6 is 0 Å². The molecule has 104 valence electrons. The molecule has 0 bridgehead atoms. The molecule has 20 heavy (non-hydrogen) atoms. The van der Waals surface area contributed by atoms with Gasteiger partial charge < -0.3 is 5.32 Å². The third kappa shape index (κ3) is 2.39. The Morgan fingerprint density at radius 3 is 2.75 bits per heavy atom. The van der Waals surface area contributed by atoms with Crippen molar-refractivity contribution >= 4 is 16.6 Å². The molecule has 1 aromatic heterocycles. The molecule has 0 saturated heterocycles. The summed E-state index contributed by atoms with van der Waals surface area (Å²) in [6, 6.07) is 11.2. The van der Waals surface area contributed by atoms with Crippen molar-refractivity contribution in [2.45, 2.75) is 44.6 Å². The highest BCUT2D eigenvalue weighted by Crippen LogP contribution is 2.44. The lowest BCUT2D eigenvalue weighted by Gasteiger charge is -2.30. The van der Waals surface area contributed by atoms with Gasteiger partial charge in [0.15, 0.2) is 0 Å². The maximum absolute atomic E-state index is 4.55. The minimum Gasteiger partial charge on any atom is -0.381 e. The van der Waals surface area contributed by atoms with E-state index in [9.17, 15) is 0 Å².